The van der Waals surface area contributed by atoms with Crippen LogP contribution in [0.2, 0.25) is 0 Å². The normalized spacial score (nSPS) is 13.8. The standard InChI is InChI=1S/C23H24N6O/c1-15(2)29-22-19(13-25-29)18(12-20(26-22)17-8-9-17)23(30)27-21-10-11-24-28(21)14-16-6-4-3-5-7-16/h3-7,10-13,15,17H,8-9,14H2,1-2H3,(H,27,30). The highest BCUT2D eigenvalue weighted by molar-refractivity contribution is 6.11. The number of hydrogen-bond acceptors (Lipinski definition) is 4. The molecule has 0 bridgehead atoms. The number of rotatable bonds is 6. The molecule has 0 atom stereocenters. The monoisotopic (exact) mass is 400 g/mol. The molecule has 7 heteroatoms. The van der Waals surface area contributed by atoms with Crippen molar-refractivity contribution in [3.8, 4) is 0 Å². The number of nitrogens with zero attached hydrogens (tertiary/aromatic N) is 5. The van der Waals surface area contributed by atoms with Crippen molar-refractivity contribution in [1.82, 2.24) is 24.5 Å². The molecule has 4 aromatic rings. The molecule has 1 fully saturated rings. The fourth-order valence-electron chi connectivity index (χ4n) is 3.70. The van der Waals surface area contributed by atoms with Gasteiger partial charge in [-0.2, -0.15) is 10.2 Å². The van der Waals surface area contributed by atoms with Gasteiger partial charge in [-0.05, 0) is 38.3 Å². The van der Waals surface area contributed by atoms with Gasteiger partial charge in [-0.1, -0.05) is 30.3 Å². The molecule has 1 aliphatic rings. The van der Waals surface area contributed by atoms with Crippen molar-refractivity contribution < 1.29 is 4.79 Å². The molecule has 5 rings (SSSR count). The predicted molar refractivity (Wildman–Crippen MR) is 116 cm³/mol. The maximum atomic E-state index is 13.3. The van der Waals surface area contributed by atoms with Gasteiger partial charge in [-0.15, -0.1) is 0 Å². The van der Waals surface area contributed by atoms with E-state index in [9.17, 15) is 4.79 Å². The molecule has 7 nitrogen and oxygen atoms in total. The summed E-state index contributed by atoms with van der Waals surface area (Å²) in [7, 11) is 0. The third kappa shape index (κ3) is 3.47. The molecule has 1 saturated carbocycles. The minimum atomic E-state index is -0.164. The SMILES string of the molecule is CC(C)n1ncc2c(C(=O)Nc3ccnn3Cc3ccccc3)cc(C3CC3)nc21. The molecule has 0 saturated heterocycles. The minimum Gasteiger partial charge on any atom is -0.307 e. The summed E-state index contributed by atoms with van der Waals surface area (Å²) < 4.78 is 3.68. The number of carbonyl (C=O) groups is 1. The number of benzene rings is 1. The van der Waals surface area contributed by atoms with Crippen molar-refractivity contribution in [2.24, 2.45) is 0 Å². The lowest BCUT2D eigenvalue weighted by Gasteiger charge is -2.12. The Morgan fingerprint density at radius 2 is 1.97 bits per heavy atom. The summed E-state index contributed by atoms with van der Waals surface area (Å²) in [6.45, 7) is 4.73. The molecule has 1 amide bonds. The van der Waals surface area contributed by atoms with Gasteiger partial charge in [-0.3, -0.25) is 4.79 Å². The van der Waals surface area contributed by atoms with Gasteiger partial charge < -0.3 is 5.32 Å². The molecule has 1 aliphatic carbocycles. The van der Waals surface area contributed by atoms with E-state index in [0.717, 1.165) is 35.1 Å². The molecule has 0 aliphatic heterocycles. The Hall–Kier alpha value is -3.48. The molecule has 1 aromatic carbocycles. The summed E-state index contributed by atoms with van der Waals surface area (Å²) in [5.41, 5.74) is 3.49. The van der Waals surface area contributed by atoms with Crippen molar-refractivity contribution >= 4 is 22.8 Å². The van der Waals surface area contributed by atoms with Crippen LogP contribution >= 0.6 is 0 Å². The van der Waals surface area contributed by atoms with Crippen LogP contribution in [0.4, 0.5) is 5.82 Å². The summed E-state index contributed by atoms with van der Waals surface area (Å²) in [6, 6.07) is 14.0. The average Bonchev–Trinajstić information content (AvgIpc) is 3.37. The Morgan fingerprint density at radius 3 is 2.70 bits per heavy atom. The summed E-state index contributed by atoms with van der Waals surface area (Å²) in [4.78, 5) is 18.1. The Balaban J connectivity index is 1.48. The third-order valence-corrected chi connectivity index (χ3v) is 5.45. The van der Waals surface area contributed by atoms with Crippen LogP contribution in [0.5, 0.6) is 0 Å². The number of aromatic nitrogens is 5. The minimum absolute atomic E-state index is 0.164. The zero-order valence-corrected chi connectivity index (χ0v) is 17.1. The number of anilines is 1. The number of nitrogens with one attached hydrogen (secondary N) is 1. The van der Waals surface area contributed by atoms with Crippen LogP contribution in [0.25, 0.3) is 11.0 Å². The van der Waals surface area contributed by atoms with Crippen LogP contribution in [-0.4, -0.2) is 30.5 Å². The Labute approximate surface area is 174 Å². The first kappa shape index (κ1) is 18.5. The molecule has 152 valence electrons. The van der Waals surface area contributed by atoms with Gasteiger partial charge in [0, 0.05) is 23.7 Å². The Morgan fingerprint density at radius 1 is 1.17 bits per heavy atom. The molecule has 1 N–H and O–H groups in total. The molecule has 0 unspecified atom stereocenters. The van der Waals surface area contributed by atoms with Crippen molar-refractivity contribution in [1.29, 1.82) is 0 Å². The topological polar surface area (TPSA) is 77.6 Å². The van der Waals surface area contributed by atoms with E-state index in [-0.39, 0.29) is 11.9 Å². The largest absolute Gasteiger partial charge is 0.307 e. The van der Waals surface area contributed by atoms with Crippen LogP contribution in [0.15, 0.2) is 54.9 Å². The van der Waals surface area contributed by atoms with Crippen molar-refractivity contribution in [3.05, 3.63) is 71.7 Å². The fourth-order valence-corrected chi connectivity index (χ4v) is 3.70. The van der Waals surface area contributed by atoms with Crippen LogP contribution in [0, 0.1) is 0 Å². The first-order valence-electron chi connectivity index (χ1n) is 10.4. The molecular weight excluding hydrogens is 376 g/mol. The lowest BCUT2D eigenvalue weighted by atomic mass is 10.1. The first-order chi connectivity index (χ1) is 14.6. The Kier molecular flexibility index (Phi) is 4.58. The van der Waals surface area contributed by atoms with E-state index in [2.05, 4.69) is 29.4 Å². The molecule has 3 aromatic heterocycles. The molecular formula is C23H24N6O. The maximum Gasteiger partial charge on any atom is 0.257 e. The quantitative estimate of drug-likeness (QED) is 0.521. The van der Waals surface area contributed by atoms with Gasteiger partial charge in [-0.25, -0.2) is 14.3 Å². The van der Waals surface area contributed by atoms with Gasteiger partial charge >= 0.3 is 0 Å². The maximum absolute atomic E-state index is 13.3. The van der Waals surface area contributed by atoms with E-state index in [0.29, 0.717) is 23.8 Å². The van der Waals surface area contributed by atoms with Crippen molar-refractivity contribution in [3.63, 3.8) is 0 Å². The van der Waals surface area contributed by atoms with Crippen LogP contribution < -0.4 is 5.32 Å². The number of amides is 1. The lowest BCUT2D eigenvalue weighted by Crippen LogP contribution is -2.17. The summed E-state index contributed by atoms with van der Waals surface area (Å²) in [5, 5.41) is 12.7. The zero-order valence-electron chi connectivity index (χ0n) is 17.1. The van der Waals surface area contributed by atoms with Gasteiger partial charge in [0.15, 0.2) is 5.65 Å². The number of fused-ring (bicyclic) bond motifs is 1. The highest BCUT2D eigenvalue weighted by atomic mass is 16.1. The second-order valence-electron chi connectivity index (χ2n) is 8.10. The summed E-state index contributed by atoms with van der Waals surface area (Å²) in [5.74, 6) is 0.945. The van der Waals surface area contributed by atoms with Gasteiger partial charge in [0.1, 0.15) is 5.82 Å². The van der Waals surface area contributed by atoms with Gasteiger partial charge in [0.05, 0.1) is 29.9 Å². The van der Waals surface area contributed by atoms with E-state index in [1.165, 1.54) is 0 Å². The molecule has 3 heterocycles. The van der Waals surface area contributed by atoms with E-state index >= 15 is 0 Å². The smallest absolute Gasteiger partial charge is 0.257 e. The predicted octanol–water partition coefficient (Wildman–Crippen LogP) is 4.39. The molecule has 30 heavy (non-hydrogen) atoms. The highest BCUT2D eigenvalue weighted by Gasteiger charge is 2.28. The zero-order chi connectivity index (χ0) is 20.7. The van der Waals surface area contributed by atoms with E-state index < -0.39 is 0 Å². The van der Waals surface area contributed by atoms with Crippen LogP contribution in [0.1, 0.15) is 60.3 Å². The second kappa shape index (κ2) is 7.40. The summed E-state index contributed by atoms with van der Waals surface area (Å²) >= 11 is 0. The Bertz CT molecular complexity index is 1200. The van der Waals surface area contributed by atoms with Crippen LogP contribution in [0.3, 0.4) is 0 Å². The second-order valence-corrected chi connectivity index (χ2v) is 8.10. The van der Waals surface area contributed by atoms with Crippen LogP contribution in [-0.2, 0) is 6.54 Å². The van der Waals surface area contributed by atoms with E-state index in [4.69, 9.17) is 4.98 Å². The van der Waals surface area contributed by atoms with Crippen molar-refractivity contribution in [2.75, 3.05) is 5.32 Å². The number of hydrogen-bond donors (Lipinski definition) is 1. The van der Waals surface area contributed by atoms with Gasteiger partial charge in [0.2, 0.25) is 0 Å². The number of carbonyl (C=O) groups excluding carboxylic acids is 1. The molecule has 0 radical (unpaired) electrons. The number of pyridine rings is 1. The molecule has 0 spiro atoms. The van der Waals surface area contributed by atoms with Gasteiger partial charge in [0.25, 0.3) is 5.91 Å². The first-order valence-corrected chi connectivity index (χ1v) is 10.4. The summed E-state index contributed by atoms with van der Waals surface area (Å²) in [6.07, 6.45) is 5.70. The fraction of sp³-hybridized carbons (Fsp3) is 0.304. The third-order valence-electron chi connectivity index (χ3n) is 5.45. The lowest BCUT2D eigenvalue weighted by molar-refractivity contribution is 0.102. The van der Waals surface area contributed by atoms with E-state index in [1.807, 2.05) is 47.1 Å². The average molecular weight is 400 g/mol. The van der Waals surface area contributed by atoms with Crippen molar-refractivity contribution in [2.45, 2.75) is 45.2 Å². The highest BCUT2D eigenvalue weighted by Crippen LogP contribution is 2.40. The van der Waals surface area contributed by atoms with E-state index in [1.54, 1.807) is 17.1 Å².